The quantitative estimate of drug-likeness (QED) is 0.530. The van der Waals surface area contributed by atoms with Gasteiger partial charge in [0.25, 0.3) is 11.5 Å². The molecule has 0 aliphatic carbocycles. The second-order valence-electron chi connectivity index (χ2n) is 6.44. The van der Waals surface area contributed by atoms with Crippen LogP contribution in [0.2, 0.25) is 0 Å². The van der Waals surface area contributed by atoms with Crippen molar-refractivity contribution in [3.63, 3.8) is 0 Å². The monoisotopic (exact) mass is 447 g/mol. The summed E-state index contributed by atoms with van der Waals surface area (Å²) in [6.07, 6.45) is 1.28. The van der Waals surface area contributed by atoms with Gasteiger partial charge in [0.1, 0.15) is 5.56 Å². The number of fused-ring (bicyclic) bond motifs is 1. The van der Waals surface area contributed by atoms with Gasteiger partial charge in [-0.1, -0.05) is 11.3 Å². The molecule has 31 heavy (non-hydrogen) atoms. The molecule has 0 bridgehead atoms. The molecule has 0 atom stereocenters. The van der Waals surface area contributed by atoms with Crippen LogP contribution in [0.3, 0.4) is 0 Å². The van der Waals surface area contributed by atoms with Crippen LogP contribution in [0, 0.1) is 0 Å². The molecule has 1 N–H and O–H groups in total. The Morgan fingerprint density at radius 2 is 1.77 bits per heavy atom. The van der Waals surface area contributed by atoms with Crippen molar-refractivity contribution in [2.24, 2.45) is 0 Å². The van der Waals surface area contributed by atoms with Gasteiger partial charge >= 0.3 is 0 Å². The van der Waals surface area contributed by atoms with Crippen molar-refractivity contribution >= 4 is 27.3 Å². The third-order valence-electron chi connectivity index (χ3n) is 4.73. The maximum Gasteiger partial charge on any atom is 0.288 e. The van der Waals surface area contributed by atoms with Crippen LogP contribution in [0.5, 0.6) is 17.2 Å². The molecule has 0 aliphatic heterocycles. The maximum atomic E-state index is 12.8. The fourth-order valence-electron chi connectivity index (χ4n) is 3.07. The van der Waals surface area contributed by atoms with Crippen molar-refractivity contribution in [1.82, 2.24) is 19.9 Å². The van der Waals surface area contributed by atoms with Gasteiger partial charge in [0.2, 0.25) is 15.8 Å². The zero-order chi connectivity index (χ0) is 22.5. The van der Waals surface area contributed by atoms with Gasteiger partial charge < -0.3 is 24.4 Å². The number of methoxy groups -OCH3 is 3. The van der Waals surface area contributed by atoms with Gasteiger partial charge in [-0.15, -0.1) is 5.10 Å². The minimum atomic E-state index is -0.543. The molecule has 3 aromatic rings. The Kier molecular flexibility index (Phi) is 6.95. The number of hydrogen-bond donors (Lipinski definition) is 1. The third-order valence-corrected chi connectivity index (χ3v) is 5.72. The van der Waals surface area contributed by atoms with Crippen LogP contribution in [0.15, 0.2) is 23.1 Å². The number of nitrogens with zero attached hydrogens (tertiary/aromatic N) is 4. The van der Waals surface area contributed by atoms with Crippen LogP contribution in [-0.2, 0) is 6.54 Å². The molecule has 0 unspecified atom stereocenters. The lowest BCUT2D eigenvalue weighted by molar-refractivity contribution is 0.0948. The maximum absolute atomic E-state index is 12.8. The van der Waals surface area contributed by atoms with Crippen molar-refractivity contribution in [2.75, 3.05) is 39.3 Å². The van der Waals surface area contributed by atoms with Crippen molar-refractivity contribution in [3.8, 4) is 17.2 Å². The summed E-state index contributed by atoms with van der Waals surface area (Å²) in [5.74, 6) is 0.861. The van der Waals surface area contributed by atoms with E-state index in [1.165, 1.54) is 43.4 Å². The Morgan fingerprint density at radius 1 is 1.13 bits per heavy atom. The van der Waals surface area contributed by atoms with E-state index in [0.717, 1.165) is 18.7 Å². The average Bonchev–Trinajstić information content (AvgIpc) is 3.22. The van der Waals surface area contributed by atoms with Crippen LogP contribution in [0.4, 0.5) is 5.13 Å². The van der Waals surface area contributed by atoms with Crippen molar-refractivity contribution in [1.29, 1.82) is 0 Å². The van der Waals surface area contributed by atoms with Gasteiger partial charge in [0.15, 0.2) is 11.5 Å². The highest BCUT2D eigenvalue weighted by molar-refractivity contribution is 7.20. The summed E-state index contributed by atoms with van der Waals surface area (Å²) in [6.45, 7) is 5.68. The number of benzene rings is 1. The minimum Gasteiger partial charge on any atom is -0.493 e. The average molecular weight is 448 g/mol. The summed E-state index contributed by atoms with van der Waals surface area (Å²) in [5, 5.41) is 7.76. The summed E-state index contributed by atoms with van der Waals surface area (Å²) in [5.41, 5.74) is 0.123. The van der Waals surface area contributed by atoms with E-state index in [0.29, 0.717) is 27.3 Å². The standard InChI is InChI=1S/C20H25N5O5S/c1-6-24(7-2)20-23-25-18(27)13(11-22-19(25)31-20)17(26)21-10-12-8-14(28-3)16(30-5)15(9-12)29-4/h8-9,11H,6-7,10H2,1-5H3,(H,21,26). The smallest absolute Gasteiger partial charge is 0.288 e. The van der Waals surface area contributed by atoms with Gasteiger partial charge in [-0.2, -0.15) is 4.52 Å². The lowest BCUT2D eigenvalue weighted by Gasteiger charge is -2.15. The Balaban J connectivity index is 1.84. The molecule has 11 heteroatoms. The lowest BCUT2D eigenvalue weighted by Crippen LogP contribution is -2.31. The van der Waals surface area contributed by atoms with E-state index in [9.17, 15) is 9.59 Å². The highest BCUT2D eigenvalue weighted by atomic mass is 32.1. The van der Waals surface area contributed by atoms with E-state index in [4.69, 9.17) is 14.2 Å². The summed E-state index contributed by atoms with van der Waals surface area (Å²) in [6, 6.07) is 3.46. The van der Waals surface area contributed by atoms with Crippen LogP contribution < -0.4 is 30.0 Å². The number of aromatic nitrogens is 3. The topological polar surface area (TPSA) is 107 Å². The third kappa shape index (κ3) is 4.41. The van der Waals surface area contributed by atoms with Crippen LogP contribution in [-0.4, -0.2) is 54.9 Å². The Labute approximate surface area is 183 Å². The van der Waals surface area contributed by atoms with Crippen molar-refractivity contribution in [3.05, 3.63) is 39.8 Å². The molecule has 0 fully saturated rings. The largest absolute Gasteiger partial charge is 0.493 e. The lowest BCUT2D eigenvalue weighted by atomic mass is 10.1. The second kappa shape index (κ2) is 9.65. The zero-order valence-electron chi connectivity index (χ0n) is 18.1. The zero-order valence-corrected chi connectivity index (χ0v) is 18.9. The Bertz CT molecular complexity index is 1110. The van der Waals surface area contributed by atoms with Crippen LogP contribution in [0.25, 0.3) is 4.96 Å². The van der Waals surface area contributed by atoms with Gasteiger partial charge in [0.05, 0.1) is 21.3 Å². The van der Waals surface area contributed by atoms with Crippen molar-refractivity contribution in [2.45, 2.75) is 20.4 Å². The number of rotatable bonds is 9. The molecule has 2 aromatic heterocycles. The van der Waals surface area contributed by atoms with E-state index in [-0.39, 0.29) is 12.1 Å². The Hall–Kier alpha value is -3.34. The van der Waals surface area contributed by atoms with E-state index < -0.39 is 11.5 Å². The summed E-state index contributed by atoms with van der Waals surface area (Å²) in [4.78, 5) is 32.2. The molecule has 0 saturated heterocycles. The number of carbonyl (C=O) groups excluding carboxylic acids is 1. The molecule has 10 nitrogen and oxygen atoms in total. The van der Waals surface area contributed by atoms with Gasteiger partial charge in [-0.05, 0) is 31.5 Å². The first-order valence-electron chi connectivity index (χ1n) is 9.68. The van der Waals surface area contributed by atoms with E-state index >= 15 is 0 Å². The highest BCUT2D eigenvalue weighted by Crippen LogP contribution is 2.38. The molecule has 166 valence electrons. The molecular weight excluding hydrogens is 422 g/mol. The highest BCUT2D eigenvalue weighted by Gasteiger charge is 2.18. The van der Waals surface area contributed by atoms with E-state index in [1.807, 2.05) is 18.7 Å². The van der Waals surface area contributed by atoms with E-state index in [1.54, 1.807) is 12.1 Å². The molecule has 1 aromatic carbocycles. The Morgan fingerprint density at radius 3 is 2.32 bits per heavy atom. The predicted molar refractivity (Wildman–Crippen MR) is 118 cm³/mol. The number of anilines is 1. The molecule has 0 saturated carbocycles. The fourth-order valence-corrected chi connectivity index (χ4v) is 4.06. The normalized spacial score (nSPS) is 10.7. The van der Waals surface area contributed by atoms with Gasteiger partial charge in [-0.3, -0.25) is 9.59 Å². The van der Waals surface area contributed by atoms with Gasteiger partial charge in [0, 0.05) is 25.8 Å². The number of ether oxygens (including phenoxy) is 3. The predicted octanol–water partition coefficient (Wildman–Crippen LogP) is 1.95. The van der Waals surface area contributed by atoms with Crippen LogP contribution in [0.1, 0.15) is 29.8 Å². The molecular formula is C20H25N5O5S. The first-order chi connectivity index (χ1) is 15.0. The number of nitrogens with one attached hydrogen (secondary N) is 1. The summed E-state index contributed by atoms with van der Waals surface area (Å²) >= 11 is 1.31. The number of hydrogen-bond acceptors (Lipinski definition) is 9. The summed E-state index contributed by atoms with van der Waals surface area (Å²) < 4.78 is 17.1. The second-order valence-corrected chi connectivity index (χ2v) is 7.38. The van der Waals surface area contributed by atoms with Crippen LogP contribution >= 0.6 is 11.3 Å². The molecule has 3 rings (SSSR count). The van der Waals surface area contributed by atoms with E-state index in [2.05, 4.69) is 15.4 Å². The molecule has 0 aliphatic rings. The van der Waals surface area contributed by atoms with Gasteiger partial charge in [-0.25, -0.2) is 4.98 Å². The summed E-state index contributed by atoms with van der Waals surface area (Å²) in [7, 11) is 4.55. The first kappa shape index (κ1) is 22.3. The SMILES string of the molecule is CCN(CC)c1nn2c(=O)c(C(=O)NCc3cc(OC)c(OC)c(OC)c3)cnc2s1. The molecule has 2 heterocycles. The first-order valence-corrected chi connectivity index (χ1v) is 10.5. The molecule has 0 radical (unpaired) electrons. The number of carbonyl (C=O) groups is 1. The number of amides is 1. The fraction of sp³-hybridized carbons (Fsp3) is 0.400. The molecule has 0 spiro atoms. The van der Waals surface area contributed by atoms with Crippen molar-refractivity contribution < 1.29 is 19.0 Å². The minimum absolute atomic E-state index is 0.0821. The molecule has 1 amide bonds.